The molecule has 2 amide bonds. The van der Waals surface area contributed by atoms with Gasteiger partial charge in [0.2, 0.25) is 5.91 Å². The number of anilines is 1. The van der Waals surface area contributed by atoms with E-state index in [1.807, 2.05) is 0 Å². The number of nitrogens with two attached hydrogens (primary N) is 1. The summed E-state index contributed by atoms with van der Waals surface area (Å²) in [5, 5.41) is 11.7. The van der Waals surface area contributed by atoms with Crippen LogP contribution >= 0.6 is 11.3 Å². The highest BCUT2D eigenvalue weighted by Crippen LogP contribution is 2.44. The van der Waals surface area contributed by atoms with Crippen molar-refractivity contribution in [2.45, 2.75) is 46.5 Å². The molecule has 1 unspecified atom stereocenters. The maximum atomic E-state index is 11.8. The Morgan fingerprint density at radius 3 is 2.68 bits per heavy atom. The molecule has 0 aromatic carbocycles. The number of carbonyl (C=O) groups excluding carboxylic acids is 2. The molecule has 3 N–H and O–H groups in total. The number of hydrogen-bond acceptors (Lipinski definition) is 4. The van der Waals surface area contributed by atoms with E-state index in [0.717, 1.165) is 29.7 Å². The van der Waals surface area contributed by atoms with Gasteiger partial charge in [0.25, 0.3) is 5.91 Å². The number of rotatable bonds is 3. The van der Waals surface area contributed by atoms with Gasteiger partial charge in [-0.2, -0.15) is 5.26 Å². The molecule has 0 aliphatic heterocycles. The topological polar surface area (TPSA) is 96.0 Å². The maximum absolute atomic E-state index is 11.8. The molecule has 0 fully saturated rings. The van der Waals surface area contributed by atoms with E-state index in [1.54, 1.807) is 6.07 Å². The van der Waals surface area contributed by atoms with E-state index in [2.05, 4.69) is 26.1 Å². The first kappa shape index (κ1) is 16.5. The molecule has 6 heteroatoms. The van der Waals surface area contributed by atoms with Gasteiger partial charge in [-0.15, -0.1) is 11.3 Å². The summed E-state index contributed by atoms with van der Waals surface area (Å²) >= 11 is 1.42. The molecule has 1 atom stereocenters. The fourth-order valence-corrected chi connectivity index (χ4v) is 4.27. The van der Waals surface area contributed by atoms with Crippen LogP contribution in [0.25, 0.3) is 0 Å². The van der Waals surface area contributed by atoms with Crippen molar-refractivity contribution in [3.8, 4) is 6.07 Å². The Balaban J connectivity index is 2.35. The van der Waals surface area contributed by atoms with Crippen LogP contribution in [0.5, 0.6) is 0 Å². The number of primary amides is 1. The minimum Gasteiger partial charge on any atom is -0.365 e. The van der Waals surface area contributed by atoms with Crippen LogP contribution < -0.4 is 11.1 Å². The second-order valence-corrected chi connectivity index (χ2v) is 7.87. The zero-order valence-corrected chi connectivity index (χ0v) is 14.0. The highest BCUT2D eigenvalue weighted by Gasteiger charge is 2.33. The number of carbonyl (C=O) groups is 2. The van der Waals surface area contributed by atoms with Gasteiger partial charge in [0, 0.05) is 4.88 Å². The third-order valence-electron chi connectivity index (χ3n) is 4.23. The quantitative estimate of drug-likeness (QED) is 0.896. The van der Waals surface area contributed by atoms with Crippen molar-refractivity contribution in [1.29, 1.82) is 5.26 Å². The summed E-state index contributed by atoms with van der Waals surface area (Å²) in [5.41, 5.74) is 7.12. The molecule has 22 heavy (non-hydrogen) atoms. The van der Waals surface area contributed by atoms with Crippen molar-refractivity contribution in [3.05, 3.63) is 16.0 Å². The molecule has 118 valence electrons. The molecule has 0 saturated carbocycles. The molecule has 1 aromatic rings. The Bertz CT molecular complexity index is 650. The molecular weight excluding hydrogens is 298 g/mol. The minimum atomic E-state index is -0.515. The molecule has 1 aliphatic rings. The van der Waals surface area contributed by atoms with Crippen LogP contribution in [-0.4, -0.2) is 11.8 Å². The maximum Gasteiger partial charge on any atom is 0.251 e. The lowest BCUT2D eigenvalue weighted by molar-refractivity contribution is -0.115. The van der Waals surface area contributed by atoms with Crippen LogP contribution in [0, 0.1) is 22.7 Å². The number of nitrogens with zero attached hydrogens (tertiary/aromatic N) is 1. The second kappa shape index (κ2) is 6.09. The van der Waals surface area contributed by atoms with Crippen molar-refractivity contribution in [2.24, 2.45) is 17.1 Å². The normalized spacial score (nSPS) is 17.5. The summed E-state index contributed by atoms with van der Waals surface area (Å²) in [5.74, 6) is -0.378. The van der Waals surface area contributed by atoms with Gasteiger partial charge in [-0.1, -0.05) is 20.8 Å². The molecule has 0 spiro atoms. The zero-order valence-electron chi connectivity index (χ0n) is 13.2. The summed E-state index contributed by atoms with van der Waals surface area (Å²) in [6.07, 6.45) is 2.49. The fourth-order valence-electron chi connectivity index (χ4n) is 2.92. The molecule has 0 bridgehead atoms. The van der Waals surface area contributed by atoms with E-state index in [4.69, 9.17) is 11.0 Å². The Morgan fingerprint density at radius 2 is 2.14 bits per heavy atom. The summed E-state index contributed by atoms with van der Waals surface area (Å²) in [4.78, 5) is 24.6. The number of thiophene rings is 1. The molecule has 1 heterocycles. The van der Waals surface area contributed by atoms with E-state index < -0.39 is 11.8 Å². The van der Waals surface area contributed by atoms with E-state index >= 15 is 0 Å². The van der Waals surface area contributed by atoms with Gasteiger partial charge in [-0.3, -0.25) is 9.59 Å². The van der Waals surface area contributed by atoms with Crippen LogP contribution in [0.15, 0.2) is 0 Å². The van der Waals surface area contributed by atoms with Gasteiger partial charge >= 0.3 is 0 Å². The summed E-state index contributed by atoms with van der Waals surface area (Å²) in [6, 6.07) is 1.80. The second-order valence-electron chi connectivity index (χ2n) is 6.76. The van der Waals surface area contributed by atoms with Crippen LogP contribution in [-0.2, 0) is 17.6 Å². The van der Waals surface area contributed by atoms with E-state index in [1.165, 1.54) is 11.3 Å². The first-order chi connectivity index (χ1) is 10.2. The molecule has 0 saturated heterocycles. The van der Waals surface area contributed by atoms with Crippen LogP contribution in [0.1, 0.15) is 54.4 Å². The van der Waals surface area contributed by atoms with Crippen molar-refractivity contribution in [1.82, 2.24) is 0 Å². The van der Waals surface area contributed by atoms with Gasteiger partial charge < -0.3 is 11.1 Å². The fraction of sp³-hybridized carbons (Fsp3) is 0.562. The van der Waals surface area contributed by atoms with Crippen LogP contribution in [0.2, 0.25) is 0 Å². The SMILES string of the molecule is CC(C)(C)C1CCc2c(sc(NC(=O)CC#N)c2C(N)=O)C1. The third-order valence-corrected chi connectivity index (χ3v) is 5.40. The first-order valence-corrected chi connectivity index (χ1v) is 8.16. The summed E-state index contributed by atoms with van der Waals surface area (Å²) in [7, 11) is 0. The lowest BCUT2D eigenvalue weighted by Crippen LogP contribution is -2.27. The lowest BCUT2D eigenvalue weighted by atomic mass is 9.72. The molecule has 1 aromatic heterocycles. The number of nitriles is 1. The van der Waals surface area contributed by atoms with Gasteiger partial charge in [-0.05, 0) is 36.2 Å². The van der Waals surface area contributed by atoms with E-state index in [-0.39, 0.29) is 11.8 Å². The lowest BCUT2D eigenvalue weighted by Gasteiger charge is -2.33. The van der Waals surface area contributed by atoms with Crippen molar-refractivity contribution in [2.75, 3.05) is 5.32 Å². The number of nitrogens with one attached hydrogen (secondary N) is 1. The first-order valence-electron chi connectivity index (χ1n) is 7.35. The zero-order chi connectivity index (χ0) is 16.5. The molecule has 2 rings (SSSR count). The molecular formula is C16H21N3O2S. The minimum absolute atomic E-state index is 0.207. The largest absolute Gasteiger partial charge is 0.365 e. The van der Waals surface area contributed by atoms with Crippen LogP contribution in [0.4, 0.5) is 5.00 Å². The molecule has 1 aliphatic carbocycles. The van der Waals surface area contributed by atoms with Gasteiger partial charge in [0.1, 0.15) is 11.4 Å². The predicted molar refractivity (Wildman–Crippen MR) is 86.7 cm³/mol. The third kappa shape index (κ3) is 3.30. The Hall–Kier alpha value is -1.87. The average molecular weight is 319 g/mol. The van der Waals surface area contributed by atoms with E-state index in [9.17, 15) is 9.59 Å². The van der Waals surface area contributed by atoms with Crippen LogP contribution in [0.3, 0.4) is 0 Å². The van der Waals surface area contributed by atoms with Crippen molar-refractivity contribution in [3.63, 3.8) is 0 Å². The van der Waals surface area contributed by atoms with Crippen molar-refractivity contribution >= 4 is 28.2 Å². The van der Waals surface area contributed by atoms with Gasteiger partial charge in [-0.25, -0.2) is 0 Å². The summed E-state index contributed by atoms with van der Waals surface area (Å²) < 4.78 is 0. The van der Waals surface area contributed by atoms with Gasteiger partial charge in [0.15, 0.2) is 0 Å². The Morgan fingerprint density at radius 1 is 1.45 bits per heavy atom. The molecule has 0 radical (unpaired) electrons. The Labute approximate surface area is 134 Å². The average Bonchev–Trinajstić information content (AvgIpc) is 2.74. The highest BCUT2D eigenvalue weighted by atomic mass is 32.1. The number of fused-ring (bicyclic) bond motifs is 1. The monoisotopic (exact) mass is 319 g/mol. The number of amides is 2. The predicted octanol–water partition coefficient (Wildman–Crippen LogP) is 2.85. The summed E-state index contributed by atoms with van der Waals surface area (Å²) in [6.45, 7) is 6.67. The van der Waals surface area contributed by atoms with Crippen molar-refractivity contribution < 1.29 is 9.59 Å². The standard InChI is InChI=1S/C16H21N3O2S/c1-16(2,3)9-4-5-10-11(8-9)22-15(13(10)14(18)21)19-12(20)6-7-17/h9H,4-6,8H2,1-3H3,(H2,18,21)(H,19,20). The smallest absolute Gasteiger partial charge is 0.251 e. The van der Waals surface area contributed by atoms with E-state index in [0.29, 0.717) is 16.5 Å². The molecule has 5 nitrogen and oxygen atoms in total. The van der Waals surface area contributed by atoms with Gasteiger partial charge in [0.05, 0.1) is 11.6 Å². The number of hydrogen-bond donors (Lipinski definition) is 2. The Kier molecular flexibility index (Phi) is 4.57. The highest BCUT2D eigenvalue weighted by molar-refractivity contribution is 7.17.